The summed E-state index contributed by atoms with van der Waals surface area (Å²) in [6.07, 6.45) is 0. The third-order valence-corrected chi connectivity index (χ3v) is 3.29. The number of amides is 1. The van der Waals surface area contributed by atoms with Crippen LogP contribution in [0.1, 0.15) is 0 Å². The number of rotatable bonds is 3. The summed E-state index contributed by atoms with van der Waals surface area (Å²) in [5.74, 6) is -1.19. The Kier molecular flexibility index (Phi) is 4.00. The van der Waals surface area contributed by atoms with Gasteiger partial charge in [0.25, 0.3) is 0 Å². The van der Waals surface area contributed by atoms with Crippen molar-refractivity contribution in [2.45, 2.75) is 4.90 Å². The molecule has 0 bridgehead atoms. The zero-order valence-electron chi connectivity index (χ0n) is 9.07. The lowest BCUT2D eigenvalue weighted by Crippen LogP contribution is -2.27. The molecule has 0 saturated carbocycles. The highest BCUT2D eigenvalue weighted by molar-refractivity contribution is 7.85. The van der Waals surface area contributed by atoms with Gasteiger partial charge in [0.05, 0.1) is 15.7 Å². The molecule has 1 atom stereocenters. The van der Waals surface area contributed by atoms with Gasteiger partial charge in [-0.3, -0.25) is 9.00 Å². The first kappa shape index (κ1) is 12.6. The number of nitrogens with two attached hydrogens (primary N) is 1. The Morgan fingerprint density at radius 1 is 1.50 bits per heavy atom. The molecule has 0 spiro atoms. The minimum Gasteiger partial charge on any atom is -0.399 e. The van der Waals surface area contributed by atoms with Crippen LogP contribution in [-0.2, 0) is 15.6 Å². The molecule has 2 N–H and O–H groups in total. The number of carbonyl (C=O) groups excluding carboxylic acids is 1. The number of nitrogens with zero attached hydrogens (tertiary/aromatic N) is 1. The molecule has 1 rings (SSSR count). The molecule has 1 unspecified atom stereocenters. The molecule has 0 fully saturated rings. The van der Waals surface area contributed by atoms with Gasteiger partial charge in [-0.1, -0.05) is 0 Å². The summed E-state index contributed by atoms with van der Waals surface area (Å²) in [7, 11) is 1.43. The quantitative estimate of drug-likeness (QED) is 0.792. The van der Waals surface area contributed by atoms with Crippen LogP contribution in [0.25, 0.3) is 0 Å². The number of halogens is 1. The van der Waals surface area contributed by atoms with Crippen LogP contribution in [0.2, 0.25) is 0 Å². The molecule has 0 aliphatic rings. The van der Waals surface area contributed by atoms with E-state index in [1.165, 1.54) is 17.0 Å². The number of benzene rings is 1. The lowest BCUT2D eigenvalue weighted by atomic mass is 10.3. The Hall–Kier alpha value is -1.43. The molecular weight excluding hydrogens is 231 g/mol. The summed E-state index contributed by atoms with van der Waals surface area (Å²) in [6.45, 7) is 0. The lowest BCUT2D eigenvalue weighted by molar-refractivity contribution is -0.125. The van der Waals surface area contributed by atoms with Crippen LogP contribution in [0.15, 0.2) is 23.1 Å². The van der Waals surface area contributed by atoms with E-state index in [4.69, 9.17) is 5.73 Å². The van der Waals surface area contributed by atoms with Gasteiger partial charge in [-0.05, 0) is 18.2 Å². The monoisotopic (exact) mass is 244 g/mol. The maximum atomic E-state index is 13.4. The van der Waals surface area contributed by atoms with Gasteiger partial charge in [0, 0.05) is 19.8 Å². The van der Waals surface area contributed by atoms with Crippen LogP contribution in [0.3, 0.4) is 0 Å². The number of carbonyl (C=O) groups is 1. The topological polar surface area (TPSA) is 63.4 Å². The molecule has 0 saturated heterocycles. The second kappa shape index (κ2) is 5.07. The second-order valence-corrected chi connectivity index (χ2v) is 4.89. The van der Waals surface area contributed by atoms with Gasteiger partial charge in [0.15, 0.2) is 0 Å². The van der Waals surface area contributed by atoms with E-state index in [1.54, 1.807) is 14.1 Å². The van der Waals surface area contributed by atoms with Crippen molar-refractivity contribution >= 4 is 22.4 Å². The van der Waals surface area contributed by atoms with E-state index in [-0.39, 0.29) is 22.2 Å². The third-order valence-electron chi connectivity index (χ3n) is 1.95. The number of nitrogen functional groups attached to an aromatic ring is 1. The van der Waals surface area contributed by atoms with Gasteiger partial charge < -0.3 is 10.6 Å². The molecule has 4 nitrogen and oxygen atoms in total. The normalized spacial score (nSPS) is 12.2. The predicted octanol–water partition coefficient (Wildman–Crippen LogP) is 0.604. The fourth-order valence-corrected chi connectivity index (χ4v) is 2.15. The molecule has 88 valence electrons. The van der Waals surface area contributed by atoms with Crippen LogP contribution < -0.4 is 5.73 Å². The lowest BCUT2D eigenvalue weighted by Gasteiger charge is -2.10. The van der Waals surface area contributed by atoms with Crippen LogP contribution in [0.4, 0.5) is 10.1 Å². The standard InChI is InChI=1S/C10H13FN2O2S/c1-13(2)10(14)6-16(15)9-4-3-7(12)5-8(9)11/h3-5H,6,12H2,1-2H3. The Morgan fingerprint density at radius 2 is 2.12 bits per heavy atom. The molecule has 0 heterocycles. The molecule has 0 aliphatic heterocycles. The molecule has 0 radical (unpaired) electrons. The Bertz CT molecular complexity index is 435. The van der Waals surface area contributed by atoms with Gasteiger partial charge >= 0.3 is 0 Å². The molecule has 16 heavy (non-hydrogen) atoms. The molecule has 6 heteroatoms. The first-order chi connectivity index (χ1) is 7.41. The van der Waals surface area contributed by atoms with Gasteiger partial charge in [-0.25, -0.2) is 4.39 Å². The molecular formula is C10H13FN2O2S. The second-order valence-electron chi connectivity index (χ2n) is 3.47. The maximum absolute atomic E-state index is 13.4. The molecule has 1 aromatic carbocycles. The van der Waals surface area contributed by atoms with E-state index in [0.717, 1.165) is 6.07 Å². The fourth-order valence-electron chi connectivity index (χ4n) is 1.02. The van der Waals surface area contributed by atoms with Gasteiger partial charge in [-0.2, -0.15) is 0 Å². The summed E-state index contributed by atoms with van der Waals surface area (Å²) in [5.41, 5.74) is 5.62. The highest BCUT2D eigenvalue weighted by Gasteiger charge is 2.15. The van der Waals surface area contributed by atoms with Crippen molar-refractivity contribution in [1.82, 2.24) is 4.90 Å². The fraction of sp³-hybridized carbons (Fsp3) is 0.300. The molecule has 1 aromatic rings. The largest absolute Gasteiger partial charge is 0.399 e. The van der Waals surface area contributed by atoms with E-state index >= 15 is 0 Å². The maximum Gasteiger partial charge on any atom is 0.235 e. The van der Waals surface area contributed by atoms with Crippen molar-refractivity contribution in [3.63, 3.8) is 0 Å². The van der Waals surface area contributed by atoms with Crippen LogP contribution in [0.5, 0.6) is 0 Å². The number of hydrogen-bond donors (Lipinski definition) is 1. The number of anilines is 1. The van der Waals surface area contributed by atoms with Gasteiger partial charge in [0.2, 0.25) is 5.91 Å². The highest BCUT2D eigenvalue weighted by atomic mass is 32.2. The Balaban J connectivity index is 2.85. The van der Waals surface area contributed by atoms with Crippen LogP contribution in [-0.4, -0.2) is 34.9 Å². The summed E-state index contributed by atoms with van der Waals surface area (Å²) in [6, 6.07) is 3.88. The first-order valence-electron chi connectivity index (χ1n) is 4.55. The van der Waals surface area contributed by atoms with Crippen LogP contribution >= 0.6 is 0 Å². The van der Waals surface area contributed by atoms with E-state index in [0.29, 0.717) is 0 Å². The summed E-state index contributed by atoms with van der Waals surface area (Å²) >= 11 is 0. The van der Waals surface area contributed by atoms with Crippen molar-refractivity contribution in [2.75, 3.05) is 25.6 Å². The van der Waals surface area contributed by atoms with Crippen molar-refractivity contribution < 1.29 is 13.4 Å². The summed E-state index contributed by atoms with van der Waals surface area (Å²) in [5, 5.41) is 0. The number of hydrogen-bond acceptors (Lipinski definition) is 3. The Morgan fingerprint density at radius 3 is 2.62 bits per heavy atom. The molecule has 1 amide bonds. The van der Waals surface area contributed by atoms with Gasteiger partial charge in [0.1, 0.15) is 11.6 Å². The zero-order chi connectivity index (χ0) is 12.3. The first-order valence-corrected chi connectivity index (χ1v) is 5.87. The van der Waals surface area contributed by atoms with Crippen LogP contribution in [0, 0.1) is 5.82 Å². The summed E-state index contributed by atoms with van der Waals surface area (Å²) < 4.78 is 25.0. The van der Waals surface area contributed by atoms with E-state index in [1.807, 2.05) is 0 Å². The summed E-state index contributed by atoms with van der Waals surface area (Å²) in [4.78, 5) is 12.6. The van der Waals surface area contributed by atoms with Gasteiger partial charge in [-0.15, -0.1) is 0 Å². The average molecular weight is 244 g/mol. The van der Waals surface area contributed by atoms with Crippen molar-refractivity contribution in [3.8, 4) is 0 Å². The van der Waals surface area contributed by atoms with Crippen molar-refractivity contribution in [1.29, 1.82) is 0 Å². The Labute approximate surface area is 95.7 Å². The van der Waals surface area contributed by atoms with Crippen molar-refractivity contribution in [2.24, 2.45) is 0 Å². The van der Waals surface area contributed by atoms with Crippen molar-refractivity contribution in [3.05, 3.63) is 24.0 Å². The SMILES string of the molecule is CN(C)C(=O)CS(=O)c1ccc(N)cc1F. The molecule has 0 aromatic heterocycles. The third kappa shape index (κ3) is 3.03. The van der Waals surface area contributed by atoms with E-state index in [2.05, 4.69) is 0 Å². The molecule has 0 aliphatic carbocycles. The van der Waals surface area contributed by atoms with E-state index < -0.39 is 16.6 Å². The minimum absolute atomic E-state index is 0.00407. The minimum atomic E-state index is -1.68. The van der Waals surface area contributed by atoms with E-state index in [9.17, 15) is 13.4 Å². The predicted molar refractivity (Wildman–Crippen MR) is 60.8 cm³/mol. The zero-order valence-corrected chi connectivity index (χ0v) is 9.88. The highest BCUT2D eigenvalue weighted by Crippen LogP contribution is 2.15. The average Bonchev–Trinajstić information content (AvgIpc) is 2.16. The smallest absolute Gasteiger partial charge is 0.235 e.